The first-order valence-corrected chi connectivity index (χ1v) is 35.0. The Morgan fingerprint density at radius 3 is 1.28 bits per heavy atom. The first-order valence-electron chi connectivity index (χ1n) is 45.5. The molecule has 105 heavy (non-hydrogen) atoms. The van der Waals surface area contributed by atoms with Gasteiger partial charge >= 0.3 is 0 Å². The molecule has 19 aromatic rings. The third kappa shape index (κ3) is 9.30. The molecular formula is C98H72BN5O. The zero-order chi connectivity index (χ0) is 88.4. The van der Waals surface area contributed by atoms with Gasteiger partial charge in [-0.1, -0.05) is 260 Å². The highest BCUT2D eigenvalue weighted by Crippen LogP contribution is 2.52. The van der Waals surface area contributed by atoms with Crippen LogP contribution in [0.4, 0.5) is 34.1 Å². The van der Waals surface area contributed by atoms with Gasteiger partial charge < -0.3 is 27.9 Å². The van der Waals surface area contributed by atoms with E-state index in [0.29, 0.717) is 67.0 Å². The lowest BCUT2D eigenvalue weighted by molar-refractivity contribution is 0.590. The van der Waals surface area contributed by atoms with Crippen LogP contribution in [-0.4, -0.2) is 20.4 Å². The molecule has 0 saturated carbocycles. The van der Waals surface area contributed by atoms with E-state index in [4.69, 9.17) is 14.0 Å². The Morgan fingerprint density at radius 1 is 0.276 bits per heavy atom. The minimum absolute atomic E-state index is 0.0788. The number of benzene rings is 15. The van der Waals surface area contributed by atoms with Gasteiger partial charge in [0.2, 0.25) is 0 Å². The van der Waals surface area contributed by atoms with E-state index in [1.807, 2.05) is 126 Å². The summed E-state index contributed by atoms with van der Waals surface area (Å²) in [4.78, 5) is 4.11. The Kier molecular flexibility index (Phi) is 9.39. The number of hydrogen-bond donors (Lipinski definition) is 0. The lowest BCUT2D eigenvalue weighted by Gasteiger charge is -2.44. The van der Waals surface area contributed by atoms with Crippen LogP contribution >= 0.6 is 0 Å². The topological polar surface area (TPSA) is 34.4 Å². The van der Waals surface area contributed by atoms with Crippen LogP contribution in [0.15, 0.2) is 331 Å². The molecule has 15 aromatic carbocycles. The predicted molar refractivity (Wildman–Crippen MR) is 444 cm³/mol. The number of nitrogens with zero attached hydrogens (tertiary/aromatic N) is 5. The van der Waals surface area contributed by atoms with Crippen molar-refractivity contribution in [2.24, 2.45) is 0 Å². The fourth-order valence-corrected chi connectivity index (χ4v) is 16.4. The van der Waals surface area contributed by atoms with E-state index < -0.39 is 134 Å². The molecule has 7 heteroatoms. The highest BCUT2D eigenvalue weighted by atomic mass is 16.3. The van der Waals surface area contributed by atoms with E-state index in [2.05, 4.69) is 112 Å². The largest absolute Gasteiger partial charge is 0.452 e. The van der Waals surface area contributed by atoms with Gasteiger partial charge in [0.25, 0.3) is 6.71 Å². The molecule has 0 radical (unpaired) electrons. The van der Waals surface area contributed by atoms with Crippen molar-refractivity contribution >= 4 is 145 Å². The molecule has 6 nitrogen and oxygen atoms in total. The van der Waals surface area contributed by atoms with Crippen LogP contribution < -0.4 is 26.2 Å². The summed E-state index contributed by atoms with van der Waals surface area (Å²) in [6.07, 6.45) is 0. The molecule has 0 fully saturated rings. The Hall–Kier alpha value is -12.8. The fraction of sp³-hybridized carbons (Fsp3) is 0.0816. The SMILES string of the molecule is [2H]c1c([2H])c([2H])c(-c2ccc3c(c2)N(c2cc(-c4ccccc4)cc(-c4ccccc4)c2)c2cc(-n4c5c([2H])c([2H])c([2H])c([2H])c5c5c([2H])c([2H])c([2H])c([2H])c54)cc4c2B3c2ccc(-n3c5ccc(C(C)(C)C)cc5c5cc(C(C)(C)C)ccc53)cc2N4c2cccc3c2oc2c(-n4c5c([2H])c([2H])c([2H])c([2H])c5c5c([2H])c([2H])c([2H])c([2H])c54)cccc23)c([2H])c1[2H]. The molecular weight excluding hydrogens is 1270 g/mol. The molecule has 498 valence electrons. The second-order valence-electron chi connectivity index (χ2n) is 29.3. The van der Waals surface area contributed by atoms with Gasteiger partial charge in [-0.25, -0.2) is 0 Å². The van der Waals surface area contributed by atoms with Crippen LogP contribution in [0.1, 0.15) is 81.5 Å². The van der Waals surface area contributed by atoms with E-state index in [-0.39, 0.29) is 88.1 Å². The molecule has 21 rings (SSSR count). The molecule has 0 atom stereocenters. The maximum atomic E-state index is 10.1. The molecule has 0 spiro atoms. The molecule has 6 heterocycles. The standard InChI is InChI=1S/C98H72BN5O/c1-97(2,3)67-45-50-86-78(56-67)79-57-68(98(4,5)6)46-51-87(79)100(86)69-47-49-81-91(58-69)104(89-43-25-37-77-76-36-24-42-88(95(76)105-96(77)89)103-84-40-22-18-34-74(84)75-35-19-23-41-85(75)103)93-60-71(101-82-38-20-16-32-72(82)73-33-17-21-39-83(73)101)59-92-94(93)99(81)80-48-44-64(61-26-10-7-11-27-61)55-90(80)102(92)70-53-65(62-28-12-8-13-29-62)52-66(54-70)63-30-14-9-15-31-63/h7-60H,1-6H3/i7D,10D,11D,16D,17D,18D,19D,20D,21D,22D,23D,26D,27D,32D,33D,34D,35D,38D,39D,40D,41D. The van der Waals surface area contributed by atoms with Crippen LogP contribution in [0, 0.1) is 0 Å². The normalized spacial score (nSPS) is 15.8. The Balaban J connectivity index is 0.961. The molecule has 0 amide bonds. The average Bonchev–Trinajstić information content (AvgIpc) is 1.03. The van der Waals surface area contributed by atoms with Crippen molar-refractivity contribution in [1.82, 2.24) is 13.7 Å². The van der Waals surface area contributed by atoms with E-state index in [1.54, 1.807) is 18.2 Å². The second kappa shape index (κ2) is 22.8. The first-order chi connectivity index (χ1) is 60.1. The quantitative estimate of drug-likeness (QED) is 0.142. The second-order valence-corrected chi connectivity index (χ2v) is 29.3. The Morgan fingerprint density at radius 2 is 0.733 bits per heavy atom. The van der Waals surface area contributed by atoms with Crippen LogP contribution in [0.25, 0.3) is 138 Å². The number of aromatic nitrogens is 3. The number of anilines is 6. The number of furan rings is 1. The van der Waals surface area contributed by atoms with Gasteiger partial charge in [0.05, 0.1) is 78.9 Å². The minimum atomic E-state index is -0.860. The van der Waals surface area contributed by atoms with Crippen molar-refractivity contribution < 1.29 is 33.2 Å². The van der Waals surface area contributed by atoms with Crippen molar-refractivity contribution in [3.8, 4) is 50.4 Å². The summed E-state index contributed by atoms with van der Waals surface area (Å²) >= 11 is 0. The average molecular weight is 1370 g/mol. The van der Waals surface area contributed by atoms with Crippen molar-refractivity contribution in [3.63, 3.8) is 0 Å². The monoisotopic (exact) mass is 1370 g/mol. The molecule has 2 aliphatic heterocycles. The lowest BCUT2D eigenvalue weighted by Crippen LogP contribution is -2.61. The Labute approximate surface area is 639 Å². The van der Waals surface area contributed by atoms with Gasteiger partial charge in [-0.05, 0) is 181 Å². The molecule has 0 saturated heterocycles. The van der Waals surface area contributed by atoms with Gasteiger partial charge in [-0.2, -0.15) is 0 Å². The van der Waals surface area contributed by atoms with Gasteiger partial charge in [-0.15, -0.1) is 0 Å². The zero-order valence-corrected chi connectivity index (χ0v) is 57.8. The molecule has 0 N–H and O–H groups in total. The van der Waals surface area contributed by atoms with E-state index >= 15 is 0 Å². The fourth-order valence-electron chi connectivity index (χ4n) is 16.4. The third-order valence-corrected chi connectivity index (χ3v) is 21.3. The number of hydrogen-bond acceptors (Lipinski definition) is 3. The van der Waals surface area contributed by atoms with Crippen molar-refractivity contribution in [2.75, 3.05) is 9.80 Å². The molecule has 0 bridgehead atoms. The van der Waals surface area contributed by atoms with Gasteiger partial charge in [0.15, 0.2) is 11.2 Å². The van der Waals surface area contributed by atoms with Crippen molar-refractivity contribution in [3.05, 3.63) is 338 Å². The third-order valence-electron chi connectivity index (χ3n) is 21.3. The predicted octanol–water partition coefficient (Wildman–Crippen LogP) is 24.6. The highest BCUT2D eigenvalue weighted by Gasteiger charge is 2.45. The summed E-state index contributed by atoms with van der Waals surface area (Å²) in [5.74, 6) is 0. The van der Waals surface area contributed by atoms with Crippen molar-refractivity contribution in [1.29, 1.82) is 0 Å². The smallest absolute Gasteiger partial charge is 0.252 e. The molecule has 4 aromatic heterocycles. The summed E-state index contributed by atoms with van der Waals surface area (Å²) in [5, 5.41) is 2.36. The van der Waals surface area contributed by atoms with Gasteiger partial charge in [0.1, 0.15) is 0 Å². The lowest BCUT2D eigenvalue weighted by atomic mass is 9.33. The summed E-state index contributed by atoms with van der Waals surface area (Å²) in [5.41, 5.74) is 12.3. The summed E-state index contributed by atoms with van der Waals surface area (Å²) in [7, 11) is 0. The number of fused-ring (bicyclic) bond motifs is 16. The first kappa shape index (κ1) is 43.2. The van der Waals surface area contributed by atoms with Crippen LogP contribution in [-0.2, 0) is 10.8 Å². The molecule has 2 aliphatic rings. The van der Waals surface area contributed by atoms with Crippen molar-refractivity contribution in [2.45, 2.75) is 52.4 Å². The molecule has 0 aliphatic carbocycles. The maximum Gasteiger partial charge on any atom is 0.252 e. The highest BCUT2D eigenvalue weighted by molar-refractivity contribution is 7.00. The summed E-state index contributed by atoms with van der Waals surface area (Å²) < 4.78 is 211. The maximum absolute atomic E-state index is 10.1. The van der Waals surface area contributed by atoms with E-state index in [1.165, 1.54) is 9.13 Å². The van der Waals surface area contributed by atoms with E-state index in [9.17, 15) is 19.2 Å². The summed E-state index contributed by atoms with van der Waals surface area (Å²) in [6, 6.07) is 53.4. The van der Waals surface area contributed by atoms with Crippen LogP contribution in [0.3, 0.4) is 0 Å². The zero-order valence-electron chi connectivity index (χ0n) is 78.8. The summed E-state index contributed by atoms with van der Waals surface area (Å²) in [6.45, 7) is 12.2. The number of rotatable bonds is 8. The molecule has 0 unspecified atom stereocenters. The van der Waals surface area contributed by atoms with Gasteiger partial charge in [0, 0.05) is 77.2 Å². The van der Waals surface area contributed by atoms with Gasteiger partial charge in [-0.3, -0.25) is 0 Å². The van der Waals surface area contributed by atoms with Crippen LogP contribution in [0.5, 0.6) is 0 Å². The van der Waals surface area contributed by atoms with Crippen LogP contribution in [0.2, 0.25) is 0 Å². The van der Waals surface area contributed by atoms with E-state index in [0.717, 1.165) is 55.2 Å². The number of para-hydroxylation sites is 6. The minimum Gasteiger partial charge on any atom is -0.452 e. The Bertz CT molecular complexity index is 7850.